The summed E-state index contributed by atoms with van der Waals surface area (Å²) in [5.41, 5.74) is 1.44. The molecule has 2 rings (SSSR count). The Bertz CT molecular complexity index is 520. The topological polar surface area (TPSA) is 39.2 Å². The van der Waals surface area contributed by atoms with Crippen LogP contribution in [-0.2, 0) is 0 Å². The molecule has 0 bridgehead atoms. The van der Waals surface area contributed by atoms with Gasteiger partial charge in [0, 0.05) is 17.1 Å². The van der Waals surface area contributed by atoms with E-state index in [0.29, 0.717) is 5.56 Å². The molecule has 0 aliphatic heterocycles. The number of benzene rings is 1. The molecule has 0 atom stereocenters. The summed E-state index contributed by atoms with van der Waals surface area (Å²) in [6, 6.07) is 7.43. The van der Waals surface area contributed by atoms with Gasteiger partial charge < -0.3 is 4.74 Å². The van der Waals surface area contributed by atoms with Crippen LogP contribution in [0.4, 0.5) is 0 Å². The van der Waals surface area contributed by atoms with Crippen molar-refractivity contribution >= 4 is 16.7 Å². The molecule has 0 saturated heterocycles. The Hall–Kier alpha value is -1.90. The average molecular weight is 201 g/mol. The summed E-state index contributed by atoms with van der Waals surface area (Å²) in [6.07, 6.45) is 1.59. The minimum atomic E-state index is 0.00954. The summed E-state index contributed by atoms with van der Waals surface area (Å²) in [7, 11) is 1.61. The standard InChI is InChI=1S/C12H11NO2/c1-8(14)9-6-10-11(13-7-9)4-3-5-12(10)15-2/h3-7H,1-2H3. The smallest absolute Gasteiger partial charge is 0.161 e. The Balaban J connectivity index is 2.72. The summed E-state index contributed by atoms with van der Waals surface area (Å²) in [5, 5.41) is 0.868. The van der Waals surface area contributed by atoms with Crippen molar-refractivity contribution < 1.29 is 9.53 Å². The third kappa shape index (κ3) is 1.68. The summed E-state index contributed by atoms with van der Waals surface area (Å²) in [5.74, 6) is 0.749. The molecule has 0 aliphatic carbocycles. The lowest BCUT2D eigenvalue weighted by atomic mass is 10.1. The van der Waals surface area contributed by atoms with E-state index in [-0.39, 0.29) is 5.78 Å². The SMILES string of the molecule is COc1cccc2ncc(C(C)=O)cc12. The zero-order valence-electron chi connectivity index (χ0n) is 8.65. The normalized spacial score (nSPS) is 10.3. The molecule has 1 aromatic carbocycles. The van der Waals surface area contributed by atoms with E-state index in [4.69, 9.17) is 4.74 Å². The molecule has 0 aliphatic rings. The lowest BCUT2D eigenvalue weighted by molar-refractivity contribution is 0.101. The van der Waals surface area contributed by atoms with Gasteiger partial charge >= 0.3 is 0 Å². The van der Waals surface area contributed by atoms with E-state index in [1.54, 1.807) is 13.3 Å². The number of fused-ring (bicyclic) bond motifs is 1. The van der Waals surface area contributed by atoms with Gasteiger partial charge in [-0.05, 0) is 25.1 Å². The van der Waals surface area contributed by atoms with Crippen molar-refractivity contribution in [2.75, 3.05) is 7.11 Å². The highest BCUT2D eigenvalue weighted by Gasteiger charge is 2.05. The zero-order valence-corrected chi connectivity index (χ0v) is 8.65. The van der Waals surface area contributed by atoms with E-state index >= 15 is 0 Å². The molecule has 2 aromatic rings. The molecule has 3 heteroatoms. The second kappa shape index (κ2) is 3.69. The van der Waals surface area contributed by atoms with Crippen molar-refractivity contribution in [3.8, 4) is 5.75 Å². The number of carbonyl (C=O) groups excluding carboxylic acids is 1. The van der Waals surface area contributed by atoms with Gasteiger partial charge in [-0.25, -0.2) is 0 Å². The lowest BCUT2D eigenvalue weighted by Gasteiger charge is -2.05. The van der Waals surface area contributed by atoms with Crippen LogP contribution in [0.3, 0.4) is 0 Å². The Morgan fingerprint density at radius 1 is 1.40 bits per heavy atom. The van der Waals surface area contributed by atoms with E-state index < -0.39 is 0 Å². The van der Waals surface area contributed by atoms with E-state index in [1.807, 2.05) is 24.3 Å². The third-order valence-corrected chi connectivity index (χ3v) is 2.31. The molecule has 0 fully saturated rings. The summed E-state index contributed by atoms with van der Waals surface area (Å²) in [4.78, 5) is 15.4. The third-order valence-electron chi connectivity index (χ3n) is 2.31. The Morgan fingerprint density at radius 2 is 2.20 bits per heavy atom. The van der Waals surface area contributed by atoms with Crippen LogP contribution in [-0.4, -0.2) is 17.9 Å². The molecule has 3 nitrogen and oxygen atoms in total. The summed E-state index contributed by atoms with van der Waals surface area (Å²) in [6.45, 7) is 1.53. The maximum atomic E-state index is 11.2. The average Bonchev–Trinajstić information content (AvgIpc) is 2.27. The van der Waals surface area contributed by atoms with Crippen LogP contribution < -0.4 is 4.74 Å². The van der Waals surface area contributed by atoms with E-state index in [0.717, 1.165) is 16.7 Å². The van der Waals surface area contributed by atoms with Gasteiger partial charge in [0.1, 0.15) is 5.75 Å². The van der Waals surface area contributed by atoms with Crippen molar-refractivity contribution in [2.24, 2.45) is 0 Å². The van der Waals surface area contributed by atoms with Crippen LogP contribution in [0, 0.1) is 0 Å². The quantitative estimate of drug-likeness (QED) is 0.700. The van der Waals surface area contributed by atoms with Crippen molar-refractivity contribution in [2.45, 2.75) is 6.92 Å². The largest absolute Gasteiger partial charge is 0.496 e. The fourth-order valence-electron chi connectivity index (χ4n) is 1.49. The maximum Gasteiger partial charge on any atom is 0.161 e. The van der Waals surface area contributed by atoms with Gasteiger partial charge in [-0.1, -0.05) is 6.07 Å². The van der Waals surface area contributed by atoms with Crippen molar-refractivity contribution in [3.63, 3.8) is 0 Å². The highest BCUT2D eigenvalue weighted by Crippen LogP contribution is 2.24. The van der Waals surface area contributed by atoms with Gasteiger partial charge in [0.15, 0.2) is 5.78 Å². The molecule has 15 heavy (non-hydrogen) atoms. The van der Waals surface area contributed by atoms with Crippen LogP contribution >= 0.6 is 0 Å². The van der Waals surface area contributed by atoms with Crippen LogP contribution in [0.1, 0.15) is 17.3 Å². The van der Waals surface area contributed by atoms with Gasteiger partial charge in [-0.3, -0.25) is 9.78 Å². The molecule has 0 radical (unpaired) electrons. The first-order chi connectivity index (χ1) is 7.22. The van der Waals surface area contributed by atoms with E-state index in [9.17, 15) is 4.79 Å². The molecular weight excluding hydrogens is 190 g/mol. The highest BCUT2D eigenvalue weighted by molar-refractivity contribution is 5.98. The maximum absolute atomic E-state index is 11.2. The molecule has 0 amide bonds. The highest BCUT2D eigenvalue weighted by atomic mass is 16.5. The number of nitrogens with zero attached hydrogens (tertiary/aromatic N) is 1. The molecule has 0 saturated carbocycles. The fraction of sp³-hybridized carbons (Fsp3) is 0.167. The predicted molar refractivity (Wildman–Crippen MR) is 58.3 cm³/mol. The van der Waals surface area contributed by atoms with Gasteiger partial charge in [-0.15, -0.1) is 0 Å². The number of ketones is 1. The number of hydrogen-bond acceptors (Lipinski definition) is 3. The number of ether oxygens (including phenoxy) is 1. The Morgan fingerprint density at radius 3 is 2.87 bits per heavy atom. The van der Waals surface area contributed by atoms with Crippen molar-refractivity contribution in [1.82, 2.24) is 4.98 Å². The molecular formula is C12H11NO2. The van der Waals surface area contributed by atoms with E-state index in [1.165, 1.54) is 6.92 Å². The Kier molecular flexibility index (Phi) is 2.37. The number of Topliss-reactive ketones (excluding diaryl/α,β-unsaturated/α-hetero) is 1. The van der Waals surface area contributed by atoms with Crippen LogP contribution in [0.2, 0.25) is 0 Å². The first-order valence-electron chi connectivity index (χ1n) is 4.66. The lowest BCUT2D eigenvalue weighted by Crippen LogP contribution is -1.94. The van der Waals surface area contributed by atoms with Crippen LogP contribution in [0.5, 0.6) is 5.75 Å². The molecule has 0 spiro atoms. The van der Waals surface area contributed by atoms with E-state index in [2.05, 4.69) is 4.98 Å². The van der Waals surface area contributed by atoms with Crippen molar-refractivity contribution in [1.29, 1.82) is 0 Å². The summed E-state index contributed by atoms with van der Waals surface area (Å²) >= 11 is 0. The van der Waals surface area contributed by atoms with Crippen molar-refractivity contribution in [3.05, 3.63) is 36.0 Å². The summed E-state index contributed by atoms with van der Waals surface area (Å²) < 4.78 is 5.21. The minimum absolute atomic E-state index is 0.00954. The molecule has 0 unspecified atom stereocenters. The number of methoxy groups -OCH3 is 1. The number of aromatic nitrogens is 1. The fourth-order valence-corrected chi connectivity index (χ4v) is 1.49. The first kappa shape index (κ1) is 9.65. The predicted octanol–water partition coefficient (Wildman–Crippen LogP) is 2.45. The molecule has 1 heterocycles. The number of pyridine rings is 1. The van der Waals surface area contributed by atoms with Gasteiger partial charge in [0.25, 0.3) is 0 Å². The number of carbonyl (C=O) groups is 1. The van der Waals surface area contributed by atoms with Crippen LogP contribution in [0.15, 0.2) is 30.5 Å². The number of hydrogen-bond donors (Lipinski definition) is 0. The monoisotopic (exact) mass is 201 g/mol. The first-order valence-corrected chi connectivity index (χ1v) is 4.66. The minimum Gasteiger partial charge on any atom is -0.496 e. The second-order valence-electron chi connectivity index (χ2n) is 3.31. The number of rotatable bonds is 2. The van der Waals surface area contributed by atoms with Gasteiger partial charge in [-0.2, -0.15) is 0 Å². The Labute approximate surface area is 87.7 Å². The molecule has 76 valence electrons. The van der Waals surface area contributed by atoms with Gasteiger partial charge in [0.2, 0.25) is 0 Å². The molecule has 1 aromatic heterocycles. The molecule has 0 N–H and O–H groups in total. The zero-order chi connectivity index (χ0) is 10.8. The van der Waals surface area contributed by atoms with Crippen LogP contribution in [0.25, 0.3) is 10.9 Å². The second-order valence-corrected chi connectivity index (χ2v) is 3.31. The van der Waals surface area contributed by atoms with Gasteiger partial charge in [0.05, 0.1) is 12.6 Å².